The molecule has 0 aliphatic carbocycles. The van der Waals surface area contributed by atoms with Crippen LogP contribution in [0.2, 0.25) is 0 Å². The number of nitrogens with one attached hydrogen (secondary N) is 2. The first-order valence-corrected chi connectivity index (χ1v) is 11.9. The van der Waals surface area contributed by atoms with E-state index in [2.05, 4.69) is 10.6 Å². The van der Waals surface area contributed by atoms with E-state index >= 15 is 0 Å². The Balaban J connectivity index is 1.86. The van der Waals surface area contributed by atoms with E-state index in [1.54, 1.807) is 30.3 Å². The second-order valence-electron chi connectivity index (χ2n) is 7.58. The number of amides is 1. The molecule has 0 aliphatic heterocycles. The molecule has 0 radical (unpaired) electrons. The molecule has 0 heterocycles. The van der Waals surface area contributed by atoms with Crippen molar-refractivity contribution in [3.05, 3.63) is 77.9 Å². The van der Waals surface area contributed by atoms with E-state index in [1.165, 1.54) is 20.3 Å². The molecule has 7 nitrogen and oxygen atoms in total. The number of aryl methyl sites for hydroxylation is 1. The summed E-state index contributed by atoms with van der Waals surface area (Å²) < 4.78 is 37.5. The minimum Gasteiger partial charge on any atom is -0.497 e. The Morgan fingerprint density at radius 1 is 0.970 bits per heavy atom. The topological polar surface area (TPSA) is 93.7 Å². The van der Waals surface area contributed by atoms with Crippen molar-refractivity contribution in [2.45, 2.75) is 29.7 Å². The molecule has 0 saturated heterocycles. The van der Waals surface area contributed by atoms with Crippen LogP contribution in [0.1, 0.15) is 24.1 Å². The summed E-state index contributed by atoms with van der Waals surface area (Å²) in [7, 11) is -1.06. The van der Waals surface area contributed by atoms with Gasteiger partial charge in [0.05, 0.1) is 37.4 Å². The van der Waals surface area contributed by atoms with Gasteiger partial charge in [-0.25, -0.2) is 8.42 Å². The average Bonchev–Trinajstić information content (AvgIpc) is 2.82. The molecule has 33 heavy (non-hydrogen) atoms. The minimum absolute atomic E-state index is 0.0474. The fraction of sp³-hybridized carbons (Fsp3) is 0.240. The Hall–Kier alpha value is -3.52. The highest BCUT2D eigenvalue weighted by Crippen LogP contribution is 2.39. The number of rotatable bonds is 9. The Kier molecular flexibility index (Phi) is 7.60. The number of hydrogen-bond acceptors (Lipinski definition) is 6. The molecule has 3 aromatic rings. The van der Waals surface area contributed by atoms with Crippen LogP contribution in [0.3, 0.4) is 0 Å². The number of anilines is 1. The molecule has 0 fully saturated rings. The van der Waals surface area contributed by atoms with Gasteiger partial charge < -0.3 is 20.1 Å². The number of hydrogen-bond donors (Lipinski definition) is 2. The van der Waals surface area contributed by atoms with Gasteiger partial charge in [-0.2, -0.15) is 0 Å². The van der Waals surface area contributed by atoms with Gasteiger partial charge in [-0.3, -0.25) is 4.79 Å². The first-order valence-electron chi connectivity index (χ1n) is 10.4. The second kappa shape index (κ2) is 10.4. The first-order chi connectivity index (χ1) is 15.8. The van der Waals surface area contributed by atoms with E-state index < -0.39 is 9.84 Å². The van der Waals surface area contributed by atoms with E-state index in [4.69, 9.17) is 9.47 Å². The molecular formula is C25H28N2O5S. The third-order valence-electron chi connectivity index (χ3n) is 5.21. The number of benzene rings is 3. The van der Waals surface area contributed by atoms with Crippen molar-refractivity contribution in [3.8, 4) is 11.5 Å². The van der Waals surface area contributed by atoms with Gasteiger partial charge >= 0.3 is 0 Å². The lowest BCUT2D eigenvalue weighted by Crippen LogP contribution is -2.32. The van der Waals surface area contributed by atoms with Crippen molar-refractivity contribution in [2.24, 2.45) is 0 Å². The van der Waals surface area contributed by atoms with E-state index in [0.29, 0.717) is 11.4 Å². The smallest absolute Gasteiger partial charge is 0.239 e. The van der Waals surface area contributed by atoms with Crippen LogP contribution in [0.15, 0.2) is 76.5 Å². The van der Waals surface area contributed by atoms with Crippen LogP contribution < -0.4 is 20.1 Å². The maximum absolute atomic E-state index is 13.3. The Bertz CT molecular complexity index is 1210. The highest BCUT2D eigenvalue weighted by molar-refractivity contribution is 7.91. The molecule has 0 spiro atoms. The number of carbonyl (C=O) groups is 1. The van der Waals surface area contributed by atoms with E-state index in [-0.39, 0.29) is 34.0 Å². The van der Waals surface area contributed by atoms with Gasteiger partial charge in [-0.05, 0) is 31.5 Å². The fourth-order valence-electron chi connectivity index (χ4n) is 3.37. The molecule has 1 amide bonds. The van der Waals surface area contributed by atoms with Gasteiger partial charge in [0.15, 0.2) is 5.75 Å². The zero-order valence-corrected chi connectivity index (χ0v) is 19.9. The molecule has 174 valence electrons. The summed E-state index contributed by atoms with van der Waals surface area (Å²) in [5.41, 5.74) is 2.27. The van der Waals surface area contributed by atoms with Crippen molar-refractivity contribution in [2.75, 3.05) is 26.1 Å². The average molecular weight is 469 g/mol. The van der Waals surface area contributed by atoms with Crippen molar-refractivity contribution in [1.82, 2.24) is 5.32 Å². The van der Waals surface area contributed by atoms with Crippen molar-refractivity contribution >= 4 is 21.4 Å². The van der Waals surface area contributed by atoms with Gasteiger partial charge in [0.25, 0.3) is 0 Å². The lowest BCUT2D eigenvalue weighted by atomic mass is 10.1. The Labute approximate surface area is 194 Å². The van der Waals surface area contributed by atoms with Crippen molar-refractivity contribution in [1.29, 1.82) is 0 Å². The van der Waals surface area contributed by atoms with Crippen molar-refractivity contribution in [3.63, 3.8) is 0 Å². The Morgan fingerprint density at radius 3 is 2.24 bits per heavy atom. The molecule has 3 rings (SSSR count). The minimum atomic E-state index is -3.89. The summed E-state index contributed by atoms with van der Waals surface area (Å²) in [6.07, 6.45) is 0. The second-order valence-corrected chi connectivity index (χ2v) is 9.49. The number of sulfone groups is 1. The number of carbonyl (C=O) groups excluding carboxylic acids is 1. The highest BCUT2D eigenvalue weighted by atomic mass is 32.2. The summed E-state index contributed by atoms with van der Waals surface area (Å²) in [5.74, 6) is 0.182. The quantitative estimate of drug-likeness (QED) is 0.490. The molecule has 8 heteroatoms. The van der Waals surface area contributed by atoms with Gasteiger partial charge in [-0.1, -0.05) is 48.0 Å². The third-order valence-corrected chi connectivity index (χ3v) is 6.98. The molecule has 2 N–H and O–H groups in total. The first kappa shape index (κ1) is 24.1. The summed E-state index contributed by atoms with van der Waals surface area (Å²) in [5, 5.41) is 5.90. The molecule has 0 aromatic heterocycles. The molecule has 1 atom stereocenters. The predicted molar refractivity (Wildman–Crippen MR) is 128 cm³/mol. The summed E-state index contributed by atoms with van der Waals surface area (Å²) in [6.45, 7) is 3.70. The van der Waals surface area contributed by atoms with E-state index in [9.17, 15) is 13.2 Å². The van der Waals surface area contributed by atoms with Gasteiger partial charge in [0.2, 0.25) is 15.7 Å². The van der Waals surface area contributed by atoms with Crippen LogP contribution in [-0.4, -0.2) is 35.1 Å². The van der Waals surface area contributed by atoms with Crippen molar-refractivity contribution < 1.29 is 22.7 Å². The van der Waals surface area contributed by atoms with Crippen LogP contribution >= 0.6 is 0 Å². The maximum atomic E-state index is 13.3. The van der Waals surface area contributed by atoms with Crippen LogP contribution in [0.4, 0.5) is 5.69 Å². The molecular weight excluding hydrogens is 440 g/mol. The van der Waals surface area contributed by atoms with Crippen LogP contribution in [0.25, 0.3) is 0 Å². The molecule has 0 bridgehead atoms. The lowest BCUT2D eigenvalue weighted by Gasteiger charge is -2.18. The monoisotopic (exact) mass is 468 g/mol. The van der Waals surface area contributed by atoms with Crippen LogP contribution in [-0.2, 0) is 14.6 Å². The van der Waals surface area contributed by atoms with Crippen LogP contribution in [0.5, 0.6) is 11.5 Å². The van der Waals surface area contributed by atoms with Gasteiger partial charge in [0, 0.05) is 12.1 Å². The Morgan fingerprint density at radius 2 is 1.64 bits per heavy atom. The fourth-order valence-corrected chi connectivity index (χ4v) is 4.83. The molecule has 0 saturated carbocycles. The SMILES string of the molecule is COc1cc(NCC(=O)NC(C)c2ccccc2)c(OC)c(S(=O)(=O)c2ccc(C)cc2)c1. The number of ether oxygens (including phenoxy) is 2. The summed E-state index contributed by atoms with van der Waals surface area (Å²) in [6, 6.07) is 19.0. The molecule has 0 aliphatic rings. The summed E-state index contributed by atoms with van der Waals surface area (Å²) in [4.78, 5) is 12.6. The summed E-state index contributed by atoms with van der Waals surface area (Å²) >= 11 is 0. The van der Waals surface area contributed by atoms with Gasteiger partial charge in [0.1, 0.15) is 10.6 Å². The molecule has 3 aromatic carbocycles. The van der Waals surface area contributed by atoms with E-state index in [1.807, 2.05) is 44.2 Å². The number of methoxy groups -OCH3 is 2. The maximum Gasteiger partial charge on any atom is 0.239 e. The van der Waals surface area contributed by atoms with Gasteiger partial charge in [-0.15, -0.1) is 0 Å². The standard InChI is InChI=1S/C25H28N2O5S/c1-17-10-12-21(13-11-17)33(29,30)23-15-20(31-3)14-22(25(23)32-4)26-16-24(28)27-18(2)19-8-6-5-7-9-19/h5-15,18,26H,16H2,1-4H3,(H,27,28). The predicted octanol–water partition coefficient (Wildman–Crippen LogP) is 4.13. The third kappa shape index (κ3) is 5.64. The highest BCUT2D eigenvalue weighted by Gasteiger charge is 2.26. The largest absolute Gasteiger partial charge is 0.497 e. The van der Waals surface area contributed by atoms with E-state index in [0.717, 1.165) is 11.1 Å². The zero-order chi connectivity index (χ0) is 24.0. The van der Waals surface area contributed by atoms with Crippen LogP contribution in [0, 0.1) is 6.92 Å². The molecule has 1 unspecified atom stereocenters. The normalized spacial score (nSPS) is 12.0. The zero-order valence-electron chi connectivity index (χ0n) is 19.1. The lowest BCUT2D eigenvalue weighted by molar-refractivity contribution is -0.120.